The van der Waals surface area contributed by atoms with Crippen molar-refractivity contribution in [2.24, 2.45) is 5.41 Å². The van der Waals surface area contributed by atoms with Crippen LogP contribution in [0.5, 0.6) is 11.5 Å². The average molecular weight is 533 g/mol. The van der Waals surface area contributed by atoms with Crippen molar-refractivity contribution in [3.05, 3.63) is 70.4 Å². The predicted molar refractivity (Wildman–Crippen MR) is 151 cm³/mol. The number of ether oxygens (including phenoxy) is 2. The number of hydrogen-bond acceptors (Lipinski definition) is 7. The van der Waals surface area contributed by atoms with Crippen LogP contribution in [0.4, 0.5) is 5.95 Å². The summed E-state index contributed by atoms with van der Waals surface area (Å²) in [5, 5.41) is 9.01. The van der Waals surface area contributed by atoms with Gasteiger partial charge in [-0.15, -0.1) is 5.10 Å². The molecular weight excluding hydrogens is 496 g/mol. The highest BCUT2D eigenvalue weighted by molar-refractivity contribution is 7.99. The van der Waals surface area contributed by atoms with E-state index < -0.39 is 0 Å². The third kappa shape index (κ3) is 5.46. The topological polar surface area (TPSA) is 78.3 Å². The molecule has 1 unspecified atom stereocenters. The minimum Gasteiger partial charge on any atom is -0.490 e. The van der Waals surface area contributed by atoms with Gasteiger partial charge in [-0.05, 0) is 55.4 Å². The van der Waals surface area contributed by atoms with Crippen LogP contribution >= 0.6 is 11.8 Å². The summed E-state index contributed by atoms with van der Waals surface area (Å²) in [6, 6.07) is 13.9. The van der Waals surface area contributed by atoms with Gasteiger partial charge in [0, 0.05) is 23.4 Å². The SMILES string of the molecule is CCCSc1nc2n(n1)C(c1ccc(OCc3ccc(C)cc3)c(OCC)c1)C1=C(CC(C)(C)CC1=O)N2. The number of fused-ring (bicyclic) bond motifs is 1. The molecule has 0 spiro atoms. The highest BCUT2D eigenvalue weighted by Crippen LogP contribution is 2.46. The highest BCUT2D eigenvalue weighted by atomic mass is 32.2. The van der Waals surface area contributed by atoms with E-state index in [2.05, 4.69) is 57.3 Å². The number of carbonyl (C=O) groups is 1. The van der Waals surface area contributed by atoms with E-state index in [0.29, 0.717) is 42.2 Å². The smallest absolute Gasteiger partial charge is 0.227 e. The molecule has 1 N–H and O–H groups in total. The van der Waals surface area contributed by atoms with Crippen molar-refractivity contribution in [1.29, 1.82) is 0 Å². The Balaban J connectivity index is 1.53. The molecule has 38 heavy (non-hydrogen) atoms. The maximum atomic E-state index is 13.6. The van der Waals surface area contributed by atoms with Gasteiger partial charge in [0.15, 0.2) is 17.3 Å². The number of aromatic nitrogens is 3. The molecule has 200 valence electrons. The van der Waals surface area contributed by atoms with Crippen molar-refractivity contribution in [3.63, 3.8) is 0 Å². The number of Topliss-reactive ketones (excluding diaryl/α,β-unsaturated/α-hetero) is 1. The maximum Gasteiger partial charge on any atom is 0.227 e. The first-order valence-corrected chi connectivity index (χ1v) is 14.3. The van der Waals surface area contributed by atoms with E-state index in [1.807, 2.05) is 29.8 Å². The van der Waals surface area contributed by atoms with E-state index in [-0.39, 0.29) is 17.2 Å². The number of allylic oxidation sites excluding steroid dienone is 2. The lowest BCUT2D eigenvalue weighted by Gasteiger charge is -2.38. The molecule has 0 fully saturated rings. The van der Waals surface area contributed by atoms with Crippen molar-refractivity contribution in [2.45, 2.75) is 71.7 Å². The zero-order valence-electron chi connectivity index (χ0n) is 22.8. The molecule has 1 aromatic heterocycles. The first kappa shape index (κ1) is 26.4. The van der Waals surface area contributed by atoms with Crippen molar-refractivity contribution in [1.82, 2.24) is 14.8 Å². The Labute approximate surface area is 229 Å². The summed E-state index contributed by atoms with van der Waals surface area (Å²) in [5.41, 5.74) is 4.84. The van der Waals surface area contributed by atoms with Gasteiger partial charge in [-0.1, -0.05) is 68.4 Å². The zero-order valence-corrected chi connectivity index (χ0v) is 23.7. The van der Waals surface area contributed by atoms with E-state index in [0.717, 1.165) is 41.0 Å². The molecule has 1 aliphatic heterocycles. The van der Waals surface area contributed by atoms with Gasteiger partial charge in [0.2, 0.25) is 11.1 Å². The quantitative estimate of drug-likeness (QED) is 0.306. The summed E-state index contributed by atoms with van der Waals surface area (Å²) >= 11 is 1.63. The molecule has 0 radical (unpaired) electrons. The largest absolute Gasteiger partial charge is 0.490 e. The molecular formula is C30H36N4O3S. The molecule has 0 amide bonds. The van der Waals surface area contributed by atoms with Gasteiger partial charge >= 0.3 is 0 Å². The monoisotopic (exact) mass is 532 g/mol. The Bertz CT molecular complexity index is 1360. The summed E-state index contributed by atoms with van der Waals surface area (Å²) in [7, 11) is 0. The van der Waals surface area contributed by atoms with Crippen LogP contribution in [0.2, 0.25) is 0 Å². The Morgan fingerprint density at radius 1 is 1.08 bits per heavy atom. The minimum absolute atomic E-state index is 0.112. The molecule has 0 saturated heterocycles. The summed E-state index contributed by atoms with van der Waals surface area (Å²) in [6.45, 7) is 11.4. The molecule has 1 atom stereocenters. The summed E-state index contributed by atoms with van der Waals surface area (Å²) in [5.74, 6) is 3.09. The number of hydrogen-bond donors (Lipinski definition) is 1. The van der Waals surface area contributed by atoms with E-state index in [1.165, 1.54) is 5.56 Å². The third-order valence-corrected chi connectivity index (χ3v) is 7.89. The normalized spacial score (nSPS) is 18.0. The number of carbonyl (C=O) groups excluding carboxylic acids is 1. The fourth-order valence-corrected chi connectivity index (χ4v) is 5.76. The molecule has 0 saturated carbocycles. The van der Waals surface area contributed by atoms with Crippen LogP contribution in [-0.4, -0.2) is 32.9 Å². The van der Waals surface area contributed by atoms with Gasteiger partial charge in [-0.3, -0.25) is 4.79 Å². The van der Waals surface area contributed by atoms with Crippen LogP contribution < -0.4 is 14.8 Å². The summed E-state index contributed by atoms with van der Waals surface area (Å²) < 4.78 is 14.1. The van der Waals surface area contributed by atoms with Crippen LogP contribution in [0.15, 0.2) is 58.9 Å². The van der Waals surface area contributed by atoms with Crippen LogP contribution in [0.25, 0.3) is 0 Å². The molecule has 0 bridgehead atoms. The molecule has 8 heteroatoms. The Hall–Kier alpha value is -3.26. The number of nitrogens with one attached hydrogen (secondary N) is 1. The van der Waals surface area contributed by atoms with E-state index >= 15 is 0 Å². The second-order valence-corrected chi connectivity index (χ2v) is 11.8. The summed E-state index contributed by atoms with van der Waals surface area (Å²) in [4.78, 5) is 18.3. The van der Waals surface area contributed by atoms with E-state index in [1.54, 1.807) is 11.8 Å². The standard InChI is InChI=1S/C30H36N4O3S/c1-6-14-38-29-32-28-31-22-16-30(4,5)17-23(35)26(22)27(34(28)33-29)21-12-13-24(25(15-21)36-7-2)37-18-20-10-8-19(3)9-11-20/h8-13,15,27H,6-7,14,16-18H2,1-5H3,(H,31,32,33). The number of thioether (sulfide) groups is 1. The van der Waals surface area contributed by atoms with E-state index in [9.17, 15) is 4.79 Å². The van der Waals surface area contributed by atoms with Crippen LogP contribution in [0.3, 0.4) is 0 Å². The van der Waals surface area contributed by atoms with Gasteiger partial charge < -0.3 is 14.8 Å². The van der Waals surface area contributed by atoms with Gasteiger partial charge in [0.05, 0.1) is 6.61 Å². The third-order valence-electron chi connectivity index (χ3n) is 6.85. The second kappa shape index (κ2) is 10.8. The fourth-order valence-electron chi connectivity index (χ4n) is 5.08. The molecule has 5 rings (SSSR count). The number of benzene rings is 2. The Morgan fingerprint density at radius 2 is 1.87 bits per heavy atom. The molecule has 1 aliphatic carbocycles. The van der Waals surface area contributed by atoms with Gasteiger partial charge in [0.25, 0.3) is 0 Å². The van der Waals surface area contributed by atoms with Crippen LogP contribution in [-0.2, 0) is 11.4 Å². The summed E-state index contributed by atoms with van der Waals surface area (Å²) in [6.07, 6.45) is 2.32. The molecule has 3 aromatic rings. The van der Waals surface area contributed by atoms with Crippen molar-refractivity contribution in [2.75, 3.05) is 17.7 Å². The maximum absolute atomic E-state index is 13.6. The van der Waals surface area contributed by atoms with Crippen molar-refractivity contribution >= 4 is 23.5 Å². The first-order chi connectivity index (χ1) is 18.3. The first-order valence-electron chi connectivity index (χ1n) is 13.4. The highest BCUT2D eigenvalue weighted by Gasteiger charge is 2.42. The molecule has 2 aliphatic rings. The van der Waals surface area contributed by atoms with Crippen molar-refractivity contribution < 1.29 is 14.3 Å². The average Bonchev–Trinajstić information content (AvgIpc) is 3.28. The predicted octanol–water partition coefficient (Wildman–Crippen LogP) is 6.72. The molecule has 2 aromatic carbocycles. The lowest BCUT2D eigenvalue weighted by Crippen LogP contribution is -2.36. The number of nitrogens with zero attached hydrogens (tertiary/aromatic N) is 3. The van der Waals surface area contributed by atoms with Gasteiger partial charge in [0.1, 0.15) is 12.6 Å². The lowest BCUT2D eigenvalue weighted by atomic mass is 9.73. The molecule has 2 heterocycles. The van der Waals surface area contributed by atoms with Gasteiger partial charge in [-0.2, -0.15) is 4.98 Å². The second-order valence-electron chi connectivity index (χ2n) is 10.8. The minimum atomic E-state index is -0.376. The number of ketones is 1. The molecule has 7 nitrogen and oxygen atoms in total. The number of aryl methyl sites for hydroxylation is 1. The Kier molecular flexibility index (Phi) is 7.52. The fraction of sp³-hybridized carbons (Fsp3) is 0.433. The van der Waals surface area contributed by atoms with Crippen LogP contribution in [0, 0.1) is 12.3 Å². The van der Waals surface area contributed by atoms with E-state index in [4.69, 9.17) is 19.6 Å². The number of anilines is 1. The van der Waals surface area contributed by atoms with Gasteiger partial charge in [-0.25, -0.2) is 4.68 Å². The number of rotatable bonds is 9. The Morgan fingerprint density at radius 3 is 2.61 bits per heavy atom. The zero-order chi connectivity index (χ0) is 26.9. The lowest BCUT2D eigenvalue weighted by molar-refractivity contribution is -0.118. The van der Waals surface area contributed by atoms with Crippen molar-refractivity contribution in [3.8, 4) is 11.5 Å². The van der Waals surface area contributed by atoms with Crippen LogP contribution in [0.1, 0.15) is 69.7 Å².